The van der Waals surface area contributed by atoms with E-state index in [-0.39, 0.29) is 0 Å². The molecule has 0 amide bonds. The highest BCUT2D eigenvalue weighted by atomic mass is 32.2. The normalized spacial score (nSPS) is 13.6. The lowest BCUT2D eigenvalue weighted by molar-refractivity contribution is -0.893. The van der Waals surface area contributed by atoms with Crippen LogP contribution < -0.4 is 4.90 Å². The van der Waals surface area contributed by atoms with Crippen molar-refractivity contribution in [3.63, 3.8) is 0 Å². The molecule has 1 N–H and O–H groups in total. The quantitative estimate of drug-likeness (QED) is 0.718. The molecule has 0 rings (SSSR count). The fourth-order valence-electron chi connectivity index (χ4n) is 1.19. The molecule has 0 fully saturated rings. The second kappa shape index (κ2) is 5.12. The summed E-state index contributed by atoms with van der Waals surface area (Å²) < 4.78 is 22.9. The Morgan fingerprint density at radius 1 is 1.07 bits per heavy atom. The standard InChI is InChI=1S/C10H23NO2S/c1-6-11(7-2)8-9-14(12,13)10(3,4)5/h6-9H2,1-5H3/p+1. The van der Waals surface area contributed by atoms with Crippen molar-refractivity contribution in [1.29, 1.82) is 0 Å². The molecule has 0 saturated heterocycles. The van der Waals surface area contributed by atoms with Gasteiger partial charge in [-0.25, -0.2) is 8.42 Å². The van der Waals surface area contributed by atoms with Crippen LogP contribution in [0.3, 0.4) is 0 Å². The van der Waals surface area contributed by atoms with Crippen LogP contribution in [0.25, 0.3) is 0 Å². The van der Waals surface area contributed by atoms with Crippen LogP contribution in [0.2, 0.25) is 0 Å². The number of nitrogens with one attached hydrogen (secondary N) is 1. The number of hydrogen-bond acceptors (Lipinski definition) is 2. The number of rotatable bonds is 5. The average Bonchev–Trinajstić information content (AvgIpc) is 2.04. The van der Waals surface area contributed by atoms with Gasteiger partial charge in [0.15, 0.2) is 9.84 Å². The van der Waals surface area contributed by atoms with Crippen molar-refractivity contribution in [2.75, 3.05) is 25.4 Å². The molecule has 0 aliphatic rings. The first-order valence-corrected chi connectivity index (χ1v) is 6.95. The van der Waals surface area contributed by atoms with Crippen molar-refractivity contribution >= 4 is 9.84 Å². The van der Waals surface area contributed by atoms with Crippen molar-refractivity contribution in [3.05, 3.63) is 0 Å². The van der Waals surface area contributed by atoms with Gasteiger partial charge in [0.2, 0.25) is 0 Å². The molecular weight excluding hydrogens is 198 g/mol. The SMILES string of the molecule is CC[NH+](CC)CCS(=O)(=O)C(C)(C)C. The third-order valence-electron chi connectivity index (χ3n) is 2.66. The molecule has 0 aliphatic carbocycles. The summed E-state index contributed by atoms with van der Waals surface area (Å²) in [6.45, 7) is 12.2. The maximum Gasteiger partial charge on any atom is 0.160 e. The van der Waals surface area contributed by atoms with Crippen molar-refractivity contribution in [2.45, 2.75) is 39.4 Å². The summed E-state index contributed by atoms with van der Waals surface area (Å²) >= 11 is 0. The summed E-state index contributed by atoms with van der Waals surface area (Å²) in [4.78, 5) is 1.35. The Kier molecular flexibility index (Phi) is 5.09. The number of quaternary nitrogens is 1. The summed E-state index contributed by atoms with van der Waals surface area (Å²) in [5.41, 5.74) is 0. The Hall–Kier alpha value is -0.0900. The van der Waals surface area contributed by atoms with E-state index in [1.165, 1.54) is 4.90 Å². The largest absolute Gasteiger partial charge is 0.335 e. The van der Waals surface area contributed by atoms with E-state index >= 15 is 0 Å². The molecule has 86 valence electrons. The van der Waals surface area contributed by atoms with Crippen LogP contribution >= 0.6 is 0 Å². The lowest BCUT2D eigenvalue weighted by Gasteiger charge is -2.21. The molecule has 0 aromatic carbocycles. The second-order valence-corrected chi connectivity index (χ2v) is 7.50. The van der Waals surface area contributed by atoms with E-state index in [9.17, 15) is 8.42 Å². The van der Waals surface area contributed by atoms with E-state index < -0.39 is 14.6 Å². The Morgan fingerprint density at radius 2 is 1.50 bits per heavy atom. The molecule has 0 atom stereocenters. The molecule has 0 unspecified atom stereocenters. The first-order chi connectivity index (χ1) is 6.24. The summed E-state index contributed by atoms with van der Waals surface area (Å²) in [6, 6.07) is 0. The highest BCUT2D eigenvalue weighted by molar-refractivity contribution is 7.92. The molecule has 0 saturated carbocycles. The first kappa shape index (κ1) is 13.9. The zero-order valence-electron chi connectivity index (χ0n) is 10.1. The molecule has 0 spiro atoms. The average molecular weight is 222 g/mol. The van der Waals surface area contributed by atoms with Crippen LogP contribution in [0, 0.1) is 0 Å². The van der Waals surface area contributed by atoms with Gasteiger partial charge in [0.25, 0.3) is 0 Å². The van der Waals surface area contributed by atoms with E-state index in [4.69, 9.17) is 0 Å². The Bertz CT molecular complexity index is 248. The molecule has 0 bridgehead atoms. The molecule has 0 radical (unpaired) electrons. The summed E-state index contributed by atoms with van der Waals surface area (Å²) in [5.74, 6) is 0.299. The van der Waals surface area contributed by atoms with Gasteiger partial charge in [-0.15, -0.1) is 0 Å². The van der Waals surface area contributed by atoms with Gasteiger partial charge in [0, 0.05) is 0 Å². The summed E-state index contributed by atoms with van der Waals surface area (Å²) in [5, 5.41) is 0. The van der Waals surface area contributed by atoms with Crippen LogP contribution in [0.5, 0.6) is 0 Å². The van der Waals surface area contributed by atoms with E-state index in [0.717, 1.165) is 19.6 Å². The van der Waals surface area contributed by atoms with E-state index in [0.29, 0.717) is 5.75 Å². The van der Waals surface area contributed by atoms with Crippen molar-refractivity contribution in [2.24, 2.45) is 0 Å². The highest BCUT2D eigenvalue weighted by Crippen LogP contribution is 2.14. The fraction of sp³-hybridized carbons (Fsp3) is 1.00. The van der Waals surface area contributed by atoms with Gasteiger partial charge in [0.05, 0.1) is 30.1 Å². The Labute approximate surface area is 88.4 Å². The Morgan fingerprint density at radius 3 is 1.79 bits per heavy atom. The number of hydrogen-bond donors (Lipinski definition) is 1. The predicted octanol–water partition coefficient (Wildman–Crippen LogP) is 0.124. The lowest BCUT2D eigenvalue weighted by atomic mass is 10.3. The topological polar surface area (TPSA) is 38.6 Å². The van der Waals surface area contributed by atoms with Gasteiger partial charge < -0.3 is 4.90 Å². The van der Waals surface area contributed by atoms with E-state index in [1.807, 2.05) is 0 Å². The summed E-state index contributed by atoms with van der Waals surface area (Å²) in [7, 11) is -2.93. The molecule has 14 heavy (non-hydrogen) atoms. The molecule has 0 aromatic heterocycles. The minimum atomic E-state index is -2.93. The van der Waals surface area contributed by atoms with Crippen LogP contribution in [0.1, 0.15) is 34.6 Å². The molecule has 0 heterocycles. The van der Waals surface area contributed by atoms with Gasteiger partial charge in [-0.3, -0.25) is 0 Å². The summed E-state index contributed by atoms with van der Waals surface area (Å²) in [6.07, 6.45) is 0. The molecule has 0 aromatic rings. The van der Waals surface area contributed by atoms with Crippen LogP contribution in [0.4, 0.5) is 0 Å². The van der Waals surface area contributed by atoms with E-state index in [1.54, 1.807) is 20.8 Å². The third kappa shape index (κ3) is 3.96. The molecule has 3 nitrogen and oxygen atoms in total. The smallest absolute Gasteiger partial charge is 0.160 e. The maximum atomic E-state index is 11.8. The van der Waals surface area contributed by atoms with Gasteiger partial charge in [-0.1, -0.05) is 0 Å². The van der Waals surface area contributed by atoms with Crippen molar-refractivity contribution in [1.82, 2.24) is 0 Å². The Balaban J connectivity index is 4.27. The van der Waals surface area contributed by atoms with E-state index in [2.05, 4.69) is 13.8 Å². The molecule has 4 heteroatoms. The first-order valence-electron chi connectivity index (χ1n) is 5.30. The molecular formula is C10H24NO2S+. The third-order valence-corrected chi connectivity index (χ3v) is 5.26. The van der Waals surface area contributed by atoms with Gasteiger partial charge >= 0.3 is 0 Å². The number of sulfone groups is 1. The zero-order chi connectivity index (χ0) is 11.4. The van der Waals surface area contributed by atoms with Gasteiger partial charge in [-0.05, 0) is 34.6 Å². The fourth-order valence-corrected chi connectivity index (χ4v) is 2.36. The minimum Gasteiger partial charge on any atom is -0.335 e. The second-order valence-electron chi connectivity index (χ2n) is 4.64. The lowest BCUT2D eigenvalue weighted by Crippen LogP contribution is -3.12. The zero-order valence-corrected chi connectivity index (χ0v) is 10.9. The monoisotopic (exact) mass is 222 g/mol. The van der Waals surface area contributed by atoms with Crippen molar-refractivity contribution < 1.29 is 13.3 Å². The van der Waals surface area contributed by atoms with Crippen LogP contribution in [-0.4, -0.2) is 38.6 Å². The van der Waals surface area contributed by atoms with Crippen LogP contribution in [-0.2, 0) is 9.84 Å². The minimum absolute atomic E-state index is 0.299. The maximum absolute atomic E-state index is 11.8. The predicted molar refractivity (Wildman–Crippen MR) is 60.5 cm³/mol. The molecule has 0 aliphatic heterocycles. The van der Waals surface area contributed by atoms with Gasteiger partial charge in [-0.2, -0.15) is 0 Å². The highest BCUT2D eigenvalue weighted by Gasteiger charge is 2.29. The van der Waals surface area contributed by atoms with Gasteiger partial charge in [0.1, 0.15) is 0 Å². The van der Waals surface area contributed by atoms with Crippen molar-refractivity contribution in [3.8, 4) is 0 Å². The van der Waals surface area contributed by atoms with Crippen LogP contribution in [0.15, 0.2) is 0 Å².